The van der Waals surface area contributed by atoms with Gasteiger partial charge in [0.05, 0.1) is 24.2 Å². The molecule has 114 valence electrons. The van der Waals surface area contributed by atoms with Gasteiger partial charge in [-0.3, -0.25) is 0 Å². The van der Waals surface area contributed by atoms with Crippen LogP contribution >= 0.6 is 11.3 Å². The van der Waals surface area contributed by atoms with Crippen LogP contribution in [0.3, 0.4) is 0 Å². The zero-order chi connectivity index (χ0) is 14.7. The maximum atomic E-state index is 5.76. The van der Waals surface area contributed by atoms with Crippen LogP contribution in [0.2, 0.25) is 0 Å². The first-order valence-corrected chi connectivity index (χ1v) is 8.70. The molecule has 22 heavy (non-hydrogen) atoms. The fourth-order valence-electron chi connectivity index (χ4n) is 4.24. The number of anilines is 1. The minimum Gasteiger partial charge on any atom is -0.467 e. The molecular weight excluding hydrogens is 296 g/mol. The molecule has 0 N–H and O–H groups in total. The van der Waals surface area contributed by atoms with Crippen LogP contribution in [0.4, 0.5) is 5.13 Å². The summed E-state index contributed by atoms with van der Waals surface area (Å²) in [6, 6.07) is 4.44. The van der Waals surface area contributed by atoms with E-state index in [4.69, 9.17) is 9.52 Å². The van der Waals surface area contributed by atoms with Gasteiger partial charge in [0.1, 0.15) is 5.76 Å². The van der Waals surface area contributed by atoms with Gasteiger partial charge in [-0.1, -0.05) is 24.2 Å². The second kappa shape index (κ2) is 4.35. The number of imidazole rings is 1. The van der Waals surface area contributed by atoms with Crippen molar-refractivity contribution in [1.82, 2.24) is 14.6 Å². The molecule has 3 aromatic heterocycles. The van der Waals surface area contributed by atoms with Gasteiger partial charge in [-0.2, -0.15) is 0 Å². The molecule has 5 nitrogen and oxygen atoms in total. The Morgan fingerprint density at radius 1 is 1.36 bits per heavy atom. The number of nitrogens with zero attached hydrogens (tertiary/aromatic N) is 4. The summed E-state index contributed by atoms with van der Waals surface area (Å²) < 4.78 is 7.66. The summed E-state index contributed by atoms with van der Waals surface area (Å²) >= 11 is 1.67. The first kappa shape index (κ1) is 12.7. The van der Waals surface area contributed by atoms with Crippen molar-refractivity contribution in [3.8, 4) is 0 Å². The largest absolute Gasteiger partial charge is 0.467 e. The van der Waals surface area contributed by atoms with Crippen LogP contribution in [0.1, 0.15) is 43.2 Å². The fraction of sp³-hybridized carbons (Fsp3) is 0.500. The molecule has 0 aromatic carbocycles. The molecular formula is C16H18N4OS. The molecule has 4 heterocycles. The summed E-state index contributed by atoms with van der Waals surface area (Å²) in [5, 5.41) is 5.78. The molecule has 6 heteroatoms. The lowest BCUT2D eigenvalue weighted by Gasteiger charge is -2.55. The molecule has 1 atom stereocenters. The number of aryl methyl sites for hydroxylation is 1. The van der Waals surface area contributed by atoms with Crippen LogP contribution in [0.15, 0.2) is 29.0 Å². The van der Waals surface area contributed by atoms with Crippen LogP contribution in [0.5, 0.6) is 0 Å². The standard InChI is InChI=1S/C16H18N4OS/c1-11-9-20-14(17-11)22-15(18-20)19-10-16(6-2-3-7-16)13(19)12-5-4-8-21-12/h4-5,8-9,13H,2-3,6-7,10H2,1H3. The first-order valence-electron chi connectivity index (χ1n) is 7.88. The molecule has 1 spiro atoms. The molecule has 0 amide bonds. The van der Waals surface area contributed by atoms with Crippen molar-refractivity contribution in [2.45, 2.75) is 38.6 Å². The third-order valence-electron chi connectivity index (χ3n) is 5.19. The molecule has 1 aliphatic carbocycles. The predicted molar refractivity (Wildman–Crippen MR) is 85.3 cm³/mol. The highest BCUT2D eigenvalue weighted by Crippen LogP contribution is 2.59. The summed E-state index contributed by atoms with van der Waals surface area (Å²) in [6.07, 6.45) is 9.05. The van der Waals surface area contributed by atoms with E-state index < -0.39 is 0 Å². The Morgan fingerprint density at radius 3 is 2.95 bits per heavy atom. The van der Waals surface area contributed by atoms with Gasteiger partial charge in [0.2, 0.25) is 10.1 Å². The summed E-state index contributed by atoms with van der Waals surface area (Å²) in [7, 11) is 0. The van der Waals surface area contributed by atoms with Crippen LogP contribution in [0.25, 0.3) is 4.96 Å². The number of hydrogen-bond donors (Lipinski definition) is 0. The van der Waals surface area contributed by atoms with Gasteiger partial charge in [0, 0.05) is 12.0 Å². The number of hydrogen-bond acceptors (Lipinski definition) is 5. The number of furan rings is 1. The smallest absolute Gasteiger partial charge is 0.214 e. The third-order valence-corrected chi connectivity index (χ3v) is 6.15. The van der Waals surface area contributed by atoms with E-state index in [1.165, 1.54) is 25.7 Å². The molecule has 1 unspecified atom stereocenters. The van der Waals surface area contributed by atoms with Crippen molar-refractivity contribution in [2.75, 3.05) is 11.4 Å². The van der Waals surface area contributed by atoms with E-state index in [-0.39, 0.29) is 0 Å². The first-order chi connectivity index (χ1) is 10.8. The van der Waals surface area contributed by atoms with Gasteiger partial charge in [0.15, 0.2) is 0 Å². The van der Waals surface area contributed by atoms with Crippen molar-refractivity contribution in [3.63, 3.8) is 0 Å². The maximum Gasteiger partial charge on any atom is 0.214 e. The van der Waals surface area contributed by atoms with Crippen molar-refractivity contribution in [2.24, 2.45) is 5.41 Å². The lowest BCUT2D eigenvalue weighted by atomic mass is 9.69. The summed E-state index contributed by atoms with van der Waals surface area (Å²) in [4.78, 5) is 7.89. The molecule has 1 saturated heterocycles. The highest BCUT2D eigenvalue weighted by atomic mass is 32.1. The zero-order valence-corrected chi connectivity index (χ0v) is 13.3. The Hall–Kier alpha value is -1.82. The lowest BCUT2D eigenvalue weighted by Crippen LogP contribution is -2.57. The van der Waals surface area contributed by atoms with Gasteiger partial charge < -0.3 is 9.32 Å². The number of aromatic nitrogens is 3. The van der Waals surface area contributed by atoms with Crippen molar-refractivity contribution >= 4 is 21.4 Å². The molecule has 1 aliphatic heterocycles. The highest BCUT2D eigenvalue weighted by Gasteiger charge is 2.56. The van der Waals surface area contributed by atoms with Gasteiger partial charge >= 0.3 is 0 Å². The van der Waals surface area contributed by atoms with Crippen LogP contribution in [-0.2, 0) is 0 Å². The van der Waals surface area contributed by atoms with Gasteiger partial charge in [0.25, 0.3) is 0 Å². The van der Waals surface area contributed by atoms with Crippen molar-refractivity contribution in [1.29, 1.82) is 0 Å². The zero-order valence-electron chi connectivity index (χ0n) is 12.5. The second-order valence-electron chi connectivity index (χ2n) is 6.61. The minimum absolute atomic E-state index is 0.335. The Labute approximate surface area is 132 Å². The monoisotopic (exact) mass is 314 g/mol. The highest BCUT2D eigenvalue weighted by molar-refractivity contribution is 7.20. The van der Waals surface area contributed by atoms with Gasteiger partial charge in [-0.25, -0.2) is 9.50 Å². The molecule has 5 rings (SSSR count). The summed E-state index contributed by atoms with van der Waals surface area (Å²) in [5.41, 5.74) is 1.41. The fourth-order valence-corrected chi connectivity index (χ4v) is 5.20. The Morgan fingerprint density at radius 2 is 2.23 bits per heavy atom. The number of fused-ring (bicyclic) bond motifs is 1. The average molecular weight is 314 g/mol. The van der Waals surface area contributed by atoms with Crippen LogP contribution < -0.4 is 4.90 Å². The molecule has 2 fully saturated rings. The predicted octanol–water partition coefficient (Wildman–Crippen LogP) is 3.81. The normalized spacial score (nSPS) is 23.5. The Bertz CT molecular complexity index is 781. The quantitative estimate of drug-likeness (QED) is 0.721. The Kier molecular flexibility index (Phi) is 2.51. The Balaban J connectivity index is 1.54. The van der Waals surface area contributed by atoms with E-state index >= 15 is 0 Å². The minimum atomic E-state index is 0.335. The van der Waals surface area contributed by atoms with Gasteiger partial charge in [-0.05, 0) is 31.9 Å². The third kappa shape index (κ3) is 1.64. The average Bonchev–Trinajstić information content (AvgIpc) is 3.19. The summed E-state index contributed by atoms with van der Waals surface area (Å²) in [5.74, 6) is 1.08. The van der Waals surface area contributed by atoms with Crippen LogP contribution in [-0.4, -0.2) is 21.1 Å². The van der Waals surface area contributed by atoms with E-state index in [0.717, 1.165) is 28.1 Å². The van der Waals surface area contributed by atoms with E-state index in [9.17, 15) is 0 Å². The van der Waals surface area contributed by atoms with Crippen LogP contribution in [0, 0.1) is 12.3 Å². The molecule has 2 aliphatic rings. The second-order valence-corrected chi connectivity index (χ2v) is 7.54. The maximum absolute atomic E-state index is 5.76. The van der Waals surface area contributed by atoms with E-state index in [1.54, 1.807) is 17.6 Å². The topological polar surface area (TPSA) is 46.6 Å². The molecule has 1 saturated carbocycles. The molecule has 0 bridgehead atoms. The van der Waals surface area contributed by atoms with E-state index in [2.05, 4.69) is 16.0 Å². The summed E-state index contributed by atoms with van der Waals surface area (Å²) in [6.45, 7) is 3.10. The molecule has 3 aromatic rings. The molecule has 0 radical (unpaired) electrons. The van der Waals surface area contributed by atoms with Crippen molar-refractivity contribution in [3.05, 3.63) is 36.0 Å². The lowest BCUT2D eigenvalue weighted by molar-refractivity contribution is 0.117. The van der Waals surface area contributed by atoms with E-state index in [1.807, 2.05) is 23.7 Å². The SMILES string of the molecule is Cc1cn2nc(N3CC4(CCCC4)C3c3ccco3)sc2n1. The number of rotatable bonds is 2. The van der Waals surface area contributed by atoms with Crippen molar-refractivity contribution < 1.29 is 4.42 Å². The van der Waals surface area contributed by atoms with E-state index in [0.29, 0.717) is 11.5 Å². The van der Waals surface area contributed by atoms with Gasteiger partial charge in [-0.15, -0.1) is 5.10 Å².